The van der Waals surface area contributed by atoms with Gasteiger partial charge in [-0.2, -0.15) is 8.78 Å². The lowest BCUT2D eigenvalue weighted by atomic mass is 10.2. The van der Waals surface area contributed by atoms with Crippen LogP contribution in [0.25, 0.3) is 11.2 Å². The highest BCUT2D eigenvalue weighted by Crippen LogP contribution is 2.35. The van der Waals surface area contributed by atoms with Crippen molar-refractivity contribution in [1.82, 2.24) is 14.5 Å². The maximum atomic E-state index is 12.7. The van der Waals surface area contributed by atoms with E-state index >= 15 is 0 Å². The number of halogens is 3. The van der Waals surface area contributed by atoms with Gasteiger partial charge in [-0.25, -0.2) is 9.97 Å². The van der Waals surface area contributed by atoms with Crippen molar-refractivity contribution in [3.05, 3.63) is 106 Å². The van der Waals surface area contributed by atoms with Crippen molar-refractivity contribution < 1.29 is 23.0 Å². The minimum Gasteiger partial charge on any atom is -0.485 e. The van der Waals surface area contributed by atoms with Gasteiger partial charge in [-0.05, 0) is 64.0 Å². The summed E-state index contributed by atoms with van der Waals surface area (Å²) in [6, 6.07) is 24.4. The number of hydrogen-bond acceptors (Lipinski definition) is 5. The number of ether oxygens (including phenoxy) is 3. The third kappa shape index (κ3) is 5.91. The second-order valence-electron chi connectivity index (χ2n) is 7.79. The molecule has 0 bridgehead atoms. The monoisotopic (exact) mass is 598 g/mol. The highest BCUT2D eigenvalue weighted by molar-refractivity contribution is 14.1. The maximum absolute atomic E-state index is 12.7. The van der Waals surface area contributed by atoms with Crippen LogP contribution in [0.2, 0.25) is 0 Å². The topological polar surface area (TPSA) is 58.4 Å². The van der Waals surface area contributed by atoms with Gasteiger partial charge in [0.25, 0.3) is 0 Å². The third-order valence-electron chi connectivity index (χ3n) is 5.21. The minimum absolute atomic E-state index is 0.0211. The number of hydrogen-bond donors (Lipinski definition) is 0. The van der Waals surface area contributed by atoms with E-state index in [2.05, 4.69) is 43.4 Å². The molecule has 36 heavy (non-hydrogen) atoms. The Hall–Kier alpha value is -3.73. The molecule has 181 valence electrons. The Labute approximate surface area is 219 Å². The zero-order chi connectivity index (χ0) is 24.9. The zero-order valence-corrected chi connectivity index (χ0v) is 20.9. The average Bonchev–Trinajstić information content (AvgIpc) is 3.25. The Bertz CT molecular complexity index is 1480. The molecule has 0 saturated carbocycles. The van der Waals surface area contributed by atoms with E-state index in [0.717, 1.165) is 25.9 Å². The summed E-state index contributed by atoms with van der Waals surface area (Å²) in [4.78, 5) is 8.94. The Morgan fingerprint density at radius 2 is 1.81 bits per heavy atom. The summed E-state index contributed by atoms with van der Waals surface area (Å²) in [6.07, 6.45) is 3.54. The molecule has 0 aliphatic carbocycles. The predicted octanol–water partition coefficient (Wildman–Crippen LogP) is 6.86. The normalized spacial score (nSPS) is 11.1. The van der Waals surface area contributed by atoms with Crippen LogP contribution < -0.4 is 14.2 Å². The Kier molecular flexibility index (Phi) is 7.26. The van der Waals surface area contributed by atoms with Gasteiger partial charge in [0.1, 0.15) is 23.6 Å². The fourth-order valence-corrected chi connectivity index (χ4v) is 4.03. The van der Waals surface area contributed by atoms with Crippen LogP contribution >= 0.6 is 22.6 Å². The molecule has 6 nitrogen and oxygen atoms in total. The lowest BCUT2D eigenvalue weighted by Gasteiger charge is -2.15. The van der Waals surface area contributed by atoms with Crippen molar-refractivity contribution in [2.45, 2.75) is 19.8 Å². The summed E-state index contributed by atoms with van der Waals surface area (Å²) in [5, 5.41) is 0. The van der Waals surface area contributed by atoms with Gasteiger partial charge in [0.2, 0.25) is 0 Å². The van der Waals surface area contributed by atoms with Crippen molar-refractivity contribution >= 4 is 33.8 Å². The highest BCUT2D eigenvalue weighted by atomic mass is 127. The number of imidazole rings is 1. The second-order valence-corrected chi connectivity index (χ2v) is 9.04. The molecule has 9 heteroatoms. The van der Waals surface area contributed by atoms with Gasteiger partial charge in [0.15, 0.2) is 17.1 Å². The molecular formula is C27H19F2IN3O3. The van der Waals surface area contributed by atoms with E-state index in [1.54, 1.807) is 12.5 Å². The van der Waals surface area contributed by atoms with E-state index in [1.807, 2.05) is 59.2 Å². The predicted molar refractivity (Wildman–Crippen MR) is 139 cm³/mol. The van der Waals surface area contributed by atoms with Gasteiger partial charge in [-0.15, -0.1) is 0 Å². The first-order chi connectivity index (χ1) is 17.5. The van der Waals surface area contributed by atoms with Gasteiger partial charge in [0.05, 0.1) is 12.9 Å². The molecule has 5 rings (SSSR count). The van der Waals surface area contributed by atoms with Crippen LogP contribution in [0.3, 0.4) is 0 Å². The number of nitrogens with zero attached hydrogens (tertiary/aromatic N) is 3. The van der Waals surface area contributed by atoms with Crippen LogP contribution in [0.5, 0.6) is 23.0 Å². The molecule has 0 spiro atoms. The summed E-state index contributed by atoms with van der Waals surface area (Å²) in [6.45, 7) is -2.10. The molecule has 1 radical (unpaired) electrons. The molecule has 0 fully saturated rings. The fourth-order valence-electron chi connectivity index (χ4n) is 3.60. The number of alkyl halides is 2. The second kappa shape index (κ2) is 10.9. The molecule has 0 aliphatic rings. The maximum Gasteiger partial charge on any atom is 0.387 e. The third-order valence-corrected chi connectivity index (χ3v) is 5.80. The van der Waals surface area contributed by atoms with E-state index in [9.17, 15) is 8.78 Å². The number of aromatic nitrogens is 3. The quantitative estimate of drug-likeness (QED) is 0.174. The van der Waals surface area contributed by atoms with E-state index < -0.39 is 6.61 Å². The molecule has 5 aromatic rings. The lowest BCUT2D eigenvalue weighted by molar-refractivity contribution is -0.0499. The SMILES string of the molecule is FC(F)Oc1cc[c]c(Oc2cc(Cn3cnc4cc(I)cnc43)ccc2OCc2ccccc2)c1. The van der Waals surface area contributed by atoms with E-state index in [4.69, 9.17) is 9.47 Å². The number of benzene rings is 3. The van der Waals surface area contributed by atoms with Gasteiger partial charge in [0, 0.05) is 21.9 Å². The summed E-state index contributed by atoms with van der Waals surface area (Å²) in [5.74, 6) is 1.12. The Balaban J connectivity index is 1.43. The summed E-state index contributed by atoms with van der Waals surface area (Å²) in [7, 11) is 0. The fraction of sp³-hybridized carbons (Fsp3) is 0.111. The lowest BCUT2D eigenvalue weighted by Crippen LogP contribution is -2.03. The minimum atomic E-state index is -2.93. The summed E-state index contributed by atoms with van der Waals surface area (Å²) in [5.41, 5.74) is 3.49. The molecule has 0 amide bonds. The first-order valence-electron chi connectivity index (χ1n) is 10.9. The molecule has 0 saturated heterocycles. The molecule has 0 aliphatic heterocycles. The first kappa shape index (κ1) is 24.0. The van der Waals surface area contributed by atoms with Crippen molar-refractivity contribution in [2.75, 3.05) is 0 Å². The Morgan fingerprint density at radius 3 is 2.64 bits per heavy atom. The van der Waals surface area contributed by atoms with Crippen LogP contribution in [0.15, 0.2) is 85.3 Å². The summed E-state index contributed by atoms with van der Waals surface area (Å²) < 4.78 is 44.8. The molecule has 2 aromatic heterocycles. The van der Waals surface area contributed by atoms with Crippen molar-refractivity contribution in [3.8, 4) is 23.0 Å². The van der Waals surface area contributed by atoms with Crippen LogP contribution in [0, 0.1) is 9.64 Å². The van der Waals surface area contributed by atoms with Crippen molar-refractivity contribution in [3.63, 3.8) is 0 Å². The summed E-state index contributed by atoms with van der Waals surface area (Å²) >= 11 is 2.20. The number of pyridine rings is 1. The molecule has 3 aromatic carbocycles. The standard InChI is InChI=1S/C27H19F2IN3O3/c28-27(29)36-22-8-4-7-21(13-22)35-25-11-19(9-10-24(25)34-16-18-5-2-1-3-6-18)15-33-17-32-23-12-20(30)14-31-26(23)33/h1-6,8-14,17,27H,15-16H2. The van der Waals surface area contributed by atoms with E-state index in [1.165, 1.54) is 18.2 Å². The van der Waals surface area contributed by atoms with Crippen LogP contribution in [-0.4, -0.2) is 21.1 Å². The van der Waals surface area contributed by atoms with Crippen LogP contribution in [0.1, 0.15) is 11.1 Å². The number of fused-ring (bicyclic) bond motifs is 1. The molecule has 2 heterocycles. The van der Waals surface area contributed by atoms with Gasteiger partial charge < -0.3 is 18.8 Å². The van der Waals surface area contributed by atoms with Crippen molar-refractivity contribution in [2.24, 2.45) is 0 Å². The molecule has 0 unspecified atom stereocenters. The van der Waals surface area contributed by atoms with Gasteiger partial charge >= 0.3 is 6.61 Å². The first-order valence-corrected chi connectivity index (χ1v) is 12.0. The molecule has 0 N–H and O–H groups in total. The van der Waals surface area contributed by atoms with Crippen LogP contribution in [-0.2, 0) is 13.2 Å². The van der Waals surface area contributed by atoms with Gasteiger partial charge in [-0.1, -0.05) is 36.4 Å². The van der Waals surface area contributed by atoms with E-state index in [0.29, 0.717) is 24.7 Å². The zero-order valence-electron chi connectivity index (χ0n) is 18.8. The van der Waals surface area contributed by atoms with Crippen molar-refractivity contribution in [1.29, 1.82) is 0 Å². The average molecular weight is 598 g/mol. The number of rotatable bonds is 9. The van der Waals surface area contributed by atoms with Crippen LogP contribution in [0.4, 0.5) is 8.78 Å². The molecular weight excluding hydrogens is 579 g/mol. The Morgan fingerprint density at radius 1 is 0.944 bits per heavy atom. The largest absolute Gasteiger partial charge is 0.485 e. The smallest absolute Gasteiger partial charge is 0.387 e. The van der Waals surface area contributed by atoms with E-state index in [-0.39, 0.29) is 11.5 Å². The highest BCUT2D eigenvalue weighted by Gasteiger charge is 2.13. The molecule has 0 atom stereocenters. The van der Waals surface area contributed by atoms with Gasteiger partial charge in [-0.3, -0.25) is 0 Å².